The first kappa shape index (κ1) is 26.7. The Balaban J connectivity index is 1.61. The number of hydrogen-bond donors (Lipinski definition) is 1. The van der Waals surface area contributed by atoms with Gasteiger partial charge in [0.2, 0.25) is 5.91 Å². The van der Waals surface area contributed by atoms with Crippen molar-refractivity contribution in [3.63, 3.8) is 0 Å². The SMILES string of the molecule is [2H]C([2H])(Oc1cc2n(c(=O)c1Cl)-c1cc(-n3cc(F)c(C(C)(C)NC(C)=O)n3)ncc1CCCCC2)c1ncc(F)cc1F. The van der Waals surface area contributed by atoms with Gasteiger partial charge in [-0.3, -0.25) is 19.1 Å². The average Bonchev–Trinajstić information content (AvgIpc) is 3.36. The van der Waals surface area contributed by atoms with Gasteiger partial charge in [-0.15, -0.1) is 0 Å². The van der Waals surface area contributed by atoms with Crippen LogP contribution in [0.2, 0.25) is 5.02 Å². The van der Waals surface area contributed by atoms with E-state index in [0.717, 1.165) is 19.0 Å². The van der Waals surface area contributed by atoms with E-state index in [1.54, 1.807) is 26.1 Å². The number of hydrogen-bond acceptors (Lipinski definition) is 6. The van der Waals surface area contributed by atoms with Gasteiger partial charge in [-0.1, -0.05) is 18.0 Å². The van der Waals surface area contributed by atoms with E-state index < -0.39 is 45.8 Å². The molecule has 0 bridgehead atoms. The molecule has 0 unspecified atom stereocenters. The second-order valence-electron chi connectivity index (χ2n) is 10.5. The van der Waals surface area contributed by atoms with Gasteiger partial charge in [0.05, 0.1) is 26.4 Å². The van der Waals surface area contributed by atoms with Crippen LogP contribution in [0.1, 0.15) is 65.4 Å². The van der Waals surface area contributed by atoms with Crippen LogP contribution in [-0.2, 0) is 29.7 Å². The summed E-state index contributed by atoms with van der Waals surface area (Å²) >= 11 is 6.45. The summed E-state index contributed by atoms with van der Waals surface area (Å²) in [5.74, 6) is -3.44. The Labute approximate surface area is 247 Å². The zero-order chi connectivity index (χ0) is 32.0. The molecule has 1 N–H and O–H groups in total. The number of pyridine rings is 3. The van der Waals surface area contributed by atoms with Crippen molar-refractivity contribution >= 4 is 17.5 Å². The van der Waals surface area contributed by atoms with Crippen LogP contribution < -0.4 is 15.6 Å². The number of carbonyl (C=O) groups is 1. The van der Waals surface area contributed by atoms with Gasteiger partial charge in [-0.2, -0.15) is 5.10 Å². The van der Waals surface area contributed by atoms with Crippen molar-refractivity contribution in [2.45, 2.75) is 65.0 Å². The second kappa shape index (κ2) is 11.6. The third-order valence-electron chi connectivity index (χ3n) is 6.81. The summed E-state index contributed by atoms with van der Waals surface area (Å²) in [4.78, 5) is 33.4. The van der Waals surface area contributed by atoms with Crippen molar-refractivity contribution in [2.75, 3.05) is 0 Å². The summed E-state index contributed by atoms with van der Waals surface area (Å²) in [5.41, 5.74) is -1.12. The van der Waals surface area contributed by atoms with E-state index in [0.29, 0.717) is 48.5 Å². The highest BCUT2D eigenvalue weighted by Crippen LogP contribution is 2.30. The van der Waals surface area contributed by atoms with Gasteiger partial charge in [0.1, 0.15) is 34.5 Å². The summed E-state index contributed by atoms with van der Waals surface area (Å²) in [6.45, 7) is 1.65. The lowest BCUT2D eigenvalue weighted by Crippen LogP contribution is -2.40. The number of fused-ring (bicyclic) bond motifs is 3. The Kier molecular flexibility index (Phi) is 7.37. The van der Waals surface area contributed by atoms with Crippen LogP contribution in [0.15, 0.2) is 41.6 Å². The predicted molar refractivity (Wildman–Crippen MR) is 149 cm³/mol. The van der Waals surface area contributed by atoms with E-state index in [-0.39, 0.29) is 23.2 Å². The molecule has 9 nitrogen and oxygen atoms in total. The van der Waals surface area contributed by atoms with Crippen LogP contribution >= 0.6 is 11.6 Å². The standard InChI is InChI=1S/C29H28ClF3N6O3/c1-16(40)36-29(2,3)27-21(33)14-38(37-27)25-11-23-17(12-35-25)7-5-4-6-8-19-10-24(26(30)28(41)39(19)23)42-15-22-20(32)9-18(31)13-34-22/h9-14H,4-8,15H2,1-3H3,(H,36,40)/i15D2. The highest BCUT2D eigenvalue weighted by molar-refractivity contribution is 6.31. The first-order valence-corrected chi connectivity index (χ1v) is 13.5. The largest absolute Gasteiger partial charge is 0.485 e. The molecule has 0 radical (unpaired) electrons. The number of nitrogens with one attached hydrogen (secondary N) is 1. The molecule has 4 aromatic heterocycles. The van der Waals surface area contributed by atoms with E-state index >= 15 is 4.39 Å². The molecule has 0 saturated carbocycles. The van der Waals surface area contributed by atoms with Gasteiger partial charge >= 0.3 is 0 Å². The monoisotopic (exact) mass is 602 g/mol. The molecule has 1 amide bonds. The van der Waals surface area contributed by atoms with Crippen LogP contribution in [-0.4, -0.2) is 30.2 Å². The Morgan fingerprint density at radius 2 is 1.88 bits per heavy atom. The number of aromatic nitrogens is 5. The highest BCUT2D eigenvalue weighted by Gasteiger charge is 2.29. The number of aryl methyl sites for hydroxylation is 2. The Morgan fingerprint density at radius 1 is 1.12 bits per heavy atom. The average molecular weight is 603 g/mol. The van der Waals surface area contributed by atoms with Gasteiger partial charge in [0, 0.05) is 37.0 Å². The zero-order valence-corrected chi connectivity index (χ0v) is 23.7. The molecule has 1 aliphatic heterocycles. The molecular weight excluding hydrogens is 573 g/mol. The van der Waals surface area contributed by atoms with Crippen LogP contribution in [0.4, 0.5) is 13.2 Å². The molecule has 5 heterocycles. The van der Waals surface area contributed by atoms with Crippen LogP contribution in [0.25, 0.3) is 11.5 Å². The molecule has 5 rings (SSSR count). The van der Waals surface area contributed by atoms with Gasteiger partial charge in [-0.05, 0) is 45.1 Å². The fourth-order valence-electron chi connectivity index (χ4n) is 4.91. The summed E-state index contributed by atoms with van der Waals surface area (Å²) in [7, 11) is 0. The highest BCUT2D eigenvalue weighted by atomic mass is 35.5. The fraction of sp³-hybridized carbons (Fsp3) is 0.345. The van der Waals surface area contributed by atoms with Gasteiger partial charge in [0.25, 0.3) is 5.56 Å². The Morgan fingerprint density at radius 3 is 2.62 bits per heavy atom. The number of nitrogens with zero attached hydrogens (tertiary/aromatic N) is 5. The number of amides is 1. The van der Waals surface area contributed by atoms with E-state index in [4.69, 9.17) is 19.1 Å². The maximum atomic E-state index is 15.0. The minimum absolute atomic E-state index is 0.0122. The molecule has 13 heteroatoms. The lowest BCUT2D eigenvalue weighted by atomic mass is 10.0. The lowest BCUT2D eigenvalue weighted by molar-refractivity contribution is -0.120. The molecule has 0 aromatic carbocycles. The molecular formula is C29H28ClF3N6O3. The number of halogens is 4. The topological polar surface area (TPSA) is 104 Å². The molecule has 0 aliphatic carbocycles. The van der Waals surface area contributed by atoms with E-state index in [9.17, 15) is 18.4 Å². The first-order chi connectivity index (χ1) is 20.7. The summed E-state index contributed by atoms with van der Waals surface area (Å²) in [5, 5.41) is 6.52. The van der Waals surface area contributed by atoms with Crippen LogP contribution in [0, 0.1) is 17.5 Å². The molecule has 0 saturated heterocycles. The van der Waals surface area contributed by atoms with E-state index in [2.05, 4.69) is 20.4 Å². The summed E-state index contributed by atoms with van der Waals surface area (Å²) in [6, 6.07) is 3.45. The van der Waals surface area contributed by atoms with E-state index in [1.165, 1.54) is 22.2 Å². The maximum Gasteiger partial charge on any atom is 0.277 e. The molecule has 0 spiro atoms. The normalized spacial score (nSPS) is 14.5. The van der Waals surface area contributed by atoms with Gasteiger partial charge < -0.3 is 10.1 Å². The maximum absolute atomic E-state index is 15.0. The van der Waals surface area contributed by atoms with Crippen molar-refractivity contribution in [2.24, 2.45) is 0 Å². The van der Waals surface area contributed by atoms with Gasteiger partial charge in [-0.25, -0.2) is 22.8 Å². The minimum atomic E-state index is -2.90. The Bertz CT molecular complexity index is 1830. The zero-order valence-electron chi connectivity index (χ0n) is 25.0. The summed E-state index contributed by atoms with van der Waals surface area (Å²) in [6.07, 6.45) is 6.60. The molecule has 4 aromatic rings. The Hall–Kier alpha value is -4.19. The minimum Gasteiger partial charge on any atom is -0.485 e. The quantitative estimate of drug-likeness (QED) is 0.329. The predicted octanol–water partition coefficient (Wildman–Crippen LogP) is 5.10. The van der Waals surface area contributed by atoms with Crippen molar-refractivity contribution < 1.29 is 25.4 Å². The summed E-state index contributed by atoms with van der Waals surface area (Å²) < 4.78 is 67.3. The first-order valence-electron chi connectivity index (χ1n) is 14.2. The smallest absolute Gasteiger partial charge is 0.277 e. The second-order valence-corrected chi connectivity index (χ2v) is 10.8. The molecule has 0 atom stereocenters. The van der Waals surface area contributed by atoms with Crippen molar-refractivity contribution in [3.8, 4) is 17.3 Å². The molecule has 0 fully saturated rings. The lowest BCUT2D eigenvalue weighted by Gasteiger charge is -2.23. The van der Waals surface area contributed by atoms with E-state index in [1.807, 2.05) is 0 Å². The van der Waals surface area contributed by atoms with Crippen molar-refractivity contribution in [1.29, 1.82) is 0 Å². The van der Waals surface area contributed by atoms with Crippen molar-refractivity contribution in [1.82, 2.24) is 29.6 Å². The third-order valence-corrected chi connectivity index (χ3v) is 7.16. The van der Waals surface area contributed by atoms with Crippen molar-refractivity contribution in [3.05, 3.63) is 92.3 Å². The molecule has 1 aliphatic rings. The number of rotatable bonds is 6. The third kappa shape index (κ3) is 5.89. The molecule has 220 valence electrons. The molecule has 42 heavy (non-hydrogen) atoms. The number of carbonyl (C=O) groups excluding carboxylic acids is 1. The fourth-order valence-corrected chi connectivity index (χ4v) is 5.09. The van der Waals surface area contributed by atoms with Crippen LogP contribution in [0.5, 0.6) is 5.75 Å². The van der Waals surface area contributed by atoms with Gasteiger partial charge in [0.15, 0.2) is 17.5 Å². The number of ether oxygens (including phenoxy) is 1. The van der Waals surface area contributed by atoms with Crippen LogP contribution in [0.3, 0.4) is 0 Å².